The van der Waals surface area contributed by atoms with Crippen molar-refractivity contribution in [2.24, 2.45) is 0 Å². The van der Waals surface area contributed by atoms with E-state index < -0.39 is 5.60 Å². The number of aliphatic hydroxyl groups is 1. The highest BCUT2D eigenvalue weighted by atomic mass is 32.1. The van der Waals surface area contributed by atoms with Crippen molar-refractivity contribution in [2.75, 3.05) is 13.9 Å². The van der Waals surface area contributed by atoms with Crippen LogP contribution >= 0.6 is 11.3 Å². The molecular weight excluding hydrogens is 334 g/mol. The van der Waals surface area contributed by atoms with E-state index in [1.54, 1.807) is 19.5 Å². The second-order valence-electron chi connectivity index (χ2n) is 5.92. The van der Waals surface area contributed by atoms with Crippen LogP contribution in [0.1, 0.15) is 21.6 Å². The largest absolute Gasteiger partial charge is 0.467 e. The Bertz CT molecular complexity index is 805. The van der Waals surface area contributed by atoms with Gasteiger partial charge in [0.1, 0.15) is 11.4 Å². The van der Waals surface area contributed by atoms with Crippen molar-refractivity contribution < 1.29 is 14.6 Å². The Morgan fingerprint density at radius 3 is 2.64 bits per heavy atom. The SMILES string of the molecule is COCOc1ccc(C)cc1C(O)(Cc1ccncc1)c1cccs1. The third-order valence-corrected chi connectivity index (χ3v) is 5.07. The maximum Gasteiger partial charge on any atom is 0.188 e. The van der Waals surface area contributed by atoms with Crippen molar-refractivity contribution in [1.29, 1.82) is 0 Å². The lowest BCUT2D eigenvalue weighted by atomic mass is 9.84. The maximum atomic E-state index is 11.8. The minimum absolute atomic E-state index is 0.131. The summed E-state index contributed by atoms with van der Waals surface area (Å²) < 4.78 is 10.8. The highest BCUT2D eigenvalue weighted by Gasteiger charge is 2.36. The molecule has 4 nitrogen and oxygen atoms in total. The van der Waals surface area contributed by atoms with Crippen LogP contribution in [0, 0.1) is 6.92 Å². The third-order valence-electron chi connectivity index (χ3n) is 4.05. The van der Waals surface area contributed by atoms with Crippen molar-refractivity contribution in [3.05, 3.63) is 81.8 Å². The van der Waals surface area contributed by atoms with E-state index in [4.69, 9.17) is 9.47 Å². The molecule has 0 fully saturated rings. The molecule has 1 aromatic carbocycles. The summed E-state index contributed by atoms with van der Waals surface area (Å²) in [7, 11) is 1.58. The zero-order chi connectivity index (χ0) is 17.7. The molecule has 0 aliphatic heterocycles. The minimum atomic E-state index is -1.19. The van der Waals surface area contributed by atoms with Crippen LogP contribution in [0.2, 0.25) is 0 Å². The monoisotopic (exact) mass is 355 g/mol. The first-order valence-electron chi connectivity index (χ1n) is 8.01. The normalized spacial score (nSPS) is 13.4. The van der Waals surface area contributed by atoms with Gasteiger partial charge in [-0.15, -0.1) is 11.3 Å². The number of hydrogen-bond donors (Lipinski definition) is 1. The molecule has 0 radical (unpaired) electrons. The molecule has 130 valence electrons. The first-order valence-corrected chi connectivity index (χ1v) is 8.89. The van der Waals surface area contributed by atoms with Crippen LogP contribution in [0.5, 0.6) is 5.75 Å². The van der Waals surface area contributed by atoms with E-state index in [-0.39, 0.29) is 6.79 Å². The number of nitrogens with zero attached hydrogens (tertiary/aromatic N) is 1. The van der Waals surface area contributed by atoms with Crippen LogP contribution in [0.4, 0.5) is 0 Å². The Balaban J connectivity index is 2.10. The zero-order valence-electron chi connectivity index (χ0n) is 14.3. The summed E-state index contributed by atoms with van der Waals surface area (Å²) >= 11 is 1.53. The van der Waals surface area contributed by atoms with Gasteiger partial charge in [-0.2, -0.15) is 0 Å². The van der Waals surface area contributed by atoms with Gasteiger partial charge in [0.2, 0.25) is 0 Å². The molecule has 0 amide bonds. The lowest BCUT2D eigenvalue weighted by Crippen LogP contribution is -2.30. The molecule has 1 N–H and O–H groups in total. The van der Waals surface area contributed by atoms with E-state index in [2.05, 4.69) is 4.98 Å². The highest BCUT2D eigenvalue weighted by Crippen LogP contribution is 2.41. The quantitative estimate of drug-likeness (QED) is 0.653. The number of hydrogen-bond acceptors (Lipinski definition) is 5. The van der Waals surface area contributed by atoms with Crippen molar-refractivity contribution in [2.45, 2.75) is 18.9 Å². The summed E-state index contributed by atoms with van der Waals surface area (Å²) in [4.78, 5) is 4.94. The molecule has 1 atom stereocenters. The van der Waals surface area contributed by atoms with Gasteiger partial charge in [-0.3, -0.25) is 4.98 Å². The van der Waals surface area contributed by atoms with Crippen molar-refractivity contribution in [1.82, 2.24) is 4.98 Å². The number of thiophene rings is 1. The van der Waals surface area contributed by atoms with Gasteiger partial charge in [-0.05, 0) is 48.2 Å². The summed E-state index contributed by atoms with van der Waals surface area (Å²) in [5.41, 5.74) is 1.61. The topological polar surface area (TPSA) is 51.6 Å². The fraction of sp³-hybridized carbons (Fsp3) is 0.250. The number of aromatic nitrogens is 1. The van der Waals surface area contributed by atoms with Gasteiger partial charge in [-0.25, -0.2) is 0 Å². The Morgan fingerprint density at radius 1 is 1.16 bits per heavy atom. The Labute approximate surface area is 151 Å². The van der Waals surface area contributed by atoms with Gasteiger partial charge in [0.25, 0.3) is 0 Å². The molecule has 0 saturated carbocycles. The minimum Gasteiger partial charge on any atom is -0.467 e. The molecule has 0 spiro atoms. The first kappa shape index (κ1) is 17.6. The maximum absolute atomic E-state index is 11.8. The smallest absolute Gasteiger partial charge is 0.188 e. The number of ether oxygens (including phenoxy) is 2. The summed E-state index contributed by atoms with van der Waals surface area (Å²) in [5, 5.41) is 13.7. The molecule has 2 heterocycles. The van der Waals surface area contributed by atoms with Crippen LogP contribution in [0.25, 0.3) is 0 Å². The van der Waals surface area contributed by atoms with Gasteiger partial charge in [0.15, 0.2) is 6.79 Å². The van der Waals surface area contributed by atoms with Crippen LogP contribution in [-0.2, 0) is 16.8 Å². The third kappa shape index (κ3) is 3.90. The van der Waals surface area contributed by atoms with Gasteiger partial charge in [0, 0.05) is 36.4 Å². The summed E-state index contributed by atoms with van der Waals surface area (Å²) in [6, 6.07) is 13.6. The Morgan fingerprint density at radius 2 is 1.96 bits per heavy atom. The van der Waals surface area contributed by atoms with E-state index in [1.165, 1.54) is 11.3 Å². The average Bonchev–Trinajstić information content (AvgIpc) is 3.17. The molecule has 0 bridgehead atoms. The molecule has 0 saturated heterocycles. The van der Waals surface area contributed by atoms with Crippen molar-refractivity contribution in [3.63, 3.8) is 0 Å². The predicted octanol–water partition coefficient (Wildman–Crippen LogP) is 3.91. The number of pyridine rings is 1. The molecule has 2 aromatic heterocycles. The van der Waals surface area contributed by atoms with Crippen LogP contribution in [0.3, 0.4) is 0 Å². The van der Waals surface area contributed by atoms with E-state index in [1.807, 2.05) is 54.8 Å². The molecule has 25 heavy (non-hydrogen) atoms. The van der Waals surface area contributed by atoms with Crippen LogP contribution in [0.15, 0.2) is 60.2 Å². The number of aryl methyl sites for hydroxylation is 1. The van der Waals surface area contributed by atoms with Gasteiger partial charge in [-0.1, -0.05) is 17.7 Å². The standard InChI is InChI=1S/C20H21NO3S/c1-15-5-6-18(24-14-23-2)17(12-15)20(22,19-4-3-11-25-19)13-16-7-9-21-10-8-16/h3-12,22H,13-14H2,1-2H3. The van der Waals surface area contributed by atoms with E-state index in [0.29, 0.717) is 12.2 Å². The molecular formula is C20H21NO3S. The Kier molecular flexibility index (Phi) is 5.48. The predicted molar refractivity (Wildman–Crippen MR) is 98.9 cm³/mol. The molecule has 5 heteroatoms. The van der Waals surface area contributed by atoms with E-state index in [0.717, 1.165) is 21.6 Å². The summed E-state index contributed by atoms with van der Waals surface area (Å²) in [6.07, 6.45) is 3.91. The Hall–Kier alpha value is -2.21. The molecule has 3 rings (SSSR count). The molecule has 1 unspecified atom stereocenters. The zero-order valence-corrected chi connectivity index (χ0v) is 15.1. The van der Waals surface area contributed by atoms with Crippen molar-refractivity contribution in [3.8, 4) is 5.75 Å². The highest BCUT2D eigenvalue weighted by molar-refractivity contribution is 7.10. The molecule has 0 aliphatic carbocycles. The van der Waals surface area contributed by atoms with Gasteiger partial charge in [0.05, 0.1) is 0 Å². The first-order chi connectivity index (χ1) is 12.1. The second-order valence-corrected chi connectivity index (χ2v) is 6.87. The molecule has 3 aromatic rings. The van der Waals surface area contributed by atoms with E-state index >= 15 is 0 Å². The van der Waals surface area contributed by atoms with Crippen LogP contribution < -0.4 is 4.74 Å². The van der Waals surface area contributed by atoms with Crippen LogP contribution in [-0.4, -0.2) is 24.0 Å². The van der Waals surface area contributed by atoms with E-state index in [9.17, 15) is 5.11 Å². The fourth-order valence-corrected chi connectivity index (χ4v) is 3.68. The number of rotatable bonds is 7. The fourth-order valence-electron chi connectivity index (χ4n) is 2.84. The summed E-state index contributed by atoms with van der Waals surface area (Å²) in [6.45, 7) is 2.14. The lowest BCUT2D eigenvalue weighted by Gasteiger charge is -2.30. The van der Waals surface area contributed by atoms with Crippen molar-refractivity contribution >= 4 is 11.3 Å². The average molecular weight is 355 g/mol. The van der Waals surface area contributed by atoms with Gasteiger partial charge < -0.3 is 14.6 Å². The number of methoxy groups -OCH3 is 1. The van der Waals surface area contributed by atoms with Gasteiger partial charge >= 0.3 is 0 Å². The molecule has 0 aliphatic rings. The lowest BCUT2D eigenvalue weighted by molar-refractivity contribution is 0.0408. The second kappa shape index (κ2) is 7.78. The number of benzene rings is 1. The summed E-state index contributed by atoms with van der Waals surface area (Å²) in [5.74, 6) is 0.623.